The molecule has 0 bridgehead atoms. The summed E-state index contributed by atoms with van der Waals surface area (Å²) in [6.45, 7) is 1.99. The SMILES string of the molecule is Cc1cc2c(Br)cncc2cc1Cl. The number of benzene rings is 1. The van der Waals surface area contributed by atoms with Gasteiger partial charge in [0.05, 0.1) is 0 Å². The van der Waals surface area contributed by atoms with Crippen LogP contribution in [0.15, 0.2) is 29.0 Å². The molecule has 0 amide bonds. The molecule has 1 nitrogen and oxygen atoms in total. The van der Waals surface area contributed by atoms with E-state index in [9.17, 15) is 0 Å². The van der Waals surface area contributed by atoms with Gasteiger partial charge in [-0.2, -0.15) is 0 Å². The van der Waals surface area contributed by atoms with Crippen LogP contribution >= 0.6 is 27.5 Å². The Morgan fingerprint density at radius 3 is 2.85 bits per heavy atom. The summed E-state index contributed by atoms with van der Waals surface area (Å²) in [6, 6.07) is 3.99. The molecule has 0 saturated carbocycles. The minimum Gasteiger partial charge on any atom is -0.263 e. The largest absolute Gasteiger partial charge is 0.263 e. The van der Waals surface area contributed by atoms with Crippen molar-refractivity contribution in [2.75, 3.05) is 0 Å². The smallest absolute Gasteiger partial charge is 0.0442 e. The first-order chi connectivity index (χ1) is 6.18. The third-order valence-electron chi connectivity index (χ3n) is 1.99. The normalized spacial score (nSPS) is 10.7. The molecule has 0 fully saturated rings. The number of fused-ring (bicyclic) bond motifs is 1. The Labute approximate surface area is 89.9 Å². The molecule has 2 aromatic rings. The Morgan fingerprint density at radius 1 is 1.31 bits per heavy atom. The second-order valence-electron chi connectivity index (χ2n) is 2.94. The van der Waals surface area contributed by atoms with Crippen LogP contribution in [-0.4, -0.2) is 4.98 Å². The van der Waals surface area contributed by atoms with Crippen LogP contribution in [0, 0.1) is 6.92 Å². The summed E-state index contributed by atoms with van der Waals surface area (Å²) in [5.74, 6) is 0. The van der Waals surface area contributed by atoms with Gasteiger partial charge in [0.1, 0.15) is 0 Å². The molecule has 0 N–H and O–H groups in total. The average molecular weight is 257 g/mol. The molecule has 0 saturated heterocycles. The van der Waals surface area contributed by atoms with Crippen molar-refractivity contribution >= 4 is 38.3 Å². The Morgan fingerprint density at radius 2 is 2.08 bits per heavy atom. The highest BCUT2D eigenvalue weighted by atomic mass is 79.9. The van der Waals surface area contributed by atoms with Crippen LogP contribution in [-0.2, 0) is 0 Å². The number of halogens is 2. The zero-order valence-electron chi connectivity index (χ0n) is 7.01. The van der Waals surface area contributed by atoms with Crippen LogP contribution in [0.4, 0.5) is 0 Å². The van der Waals surface area contributed by atoms with Gasteiger partial charge in [-0.05, 0) is 45.9 Å². The van der Waals surface area contributed by atoms with Crippen LogP contribution in [0.2, 0.25) is 5.02 Å². The van der Waals surface area contributed by atoms with Crippen molar-refractivity contribution < 1.29 is 0 Å². The Kier molecular flexibility index (Phi) is 2.26. The topological polar surface area (TPSA) is 12.9 Å². The Balaban J connectivity index is 2.89. The van der Waals surface area contributed by atoms with E-state index in [2.05, 4.69) is 27.0 Å². The highest BCUT2D eigenvalue weighted by Gasteiger charge is 2.01. The lowest BCUT2D eigenvalue weighted by molar-refractivity contribution is 1.34. The molecule has 0 radical (unpaired) electrons. The lowest BCUT2D eigenvalue weighted by Gasteiger charge is -2.03. The maximum atomic E-state index is 6.00. The molecular formula is C10H7BrClN. The Hall–Kier alpha value is -0.600. The molecule has 0 spiro atoms. The van der Waals surface area contributed by atoms with Crippen LogP contribution < -0.4 is 0 Å². The van der Waals surface area contributed by atoms with E-state index in [-0.39, 0.29) is 0 Å². The third-order valence-corrected chi connectivity index (χ3v) is 3.03. The fourth-order valence-electron chi connectivity index (χ4n) is 1.26. The highest BCUT2D eigenvalue weighted by molar-refractivity contribution is 9.10. The fourth-order valence-corrected chi connectivity index (χ4v) is 1.90. The molecule has 13 heavy (non-hydrogen) atoms. The Bertz CT molecular complexity index is 468. The van der Waals surface area contributed by atoms with Crippen LogP contribution in [0.3, 0.4) is 0 Å². The molecule has 0 aliphatic carbocycles. The number of aromatic nitrogens is 1. The monoisotopic (exact) mass is 255 g/mol. The summed E-state index contributed by atoms with van der Waals surface area (Å²) in [6.07, 6.45) is 3.60. The quantitative estimate of drug-likeness (QED) is 0.695. The van der Waals surface area contributed by atoms with E-state index in [1.165, 1.54) is 0 Å². The first-order valence-electron chi connectivity index (χ1n) is 3.88. The summed E-state index contributed by atoms with van der Waals surface area (Å²) >= 11 is 9.45. The van der Waals surface area contributed by atoms with Crippen molar-refractivity contribution in [3.63, 3.8) is 0 Å². The molecule has 1 heterocycles. The van der Waals surface area contributed by atoms with Gasteiger partial charge in [0.25, 0.3) is 0 Å². The number of rotatable bonds is 0. The van der Waals surface area contributed by atoms with Gasteiger partial charge in [-0.25, -0.2) is 0 Å². The fraction of sp³-hybridized carbons (Fsp3) is 0.100. The predicted molar refractivity (Wildman–Crippen MR) is 59.2 cm³/mol. The second kappa shape index (κ2) is 3.28. The van der Waals surface area contributed by atoms with Crippen LogP contribution in [0.25, 0.3) is 10.8 Å². The molecule has 66 valence electrons. The van der Waals surface area contributed by atoms with Gasteiger partial charge in [0, 0.05) is 27.3 Å². The molecule has 0 atom stereocenters. The average Bonchev–Trinajstić information content (AvgIpc) is 2.09. The van der Waals surface area contributed by atoms with E-state index in [1.54, 1.807) is 6.20 Å². The van der Waals surface area contributed by atoms with Gasteiger partial charge >= 0.3 is 0 Å². The molecule has 1 aromatic heterocycles. The molecule has 3 heteroatoms. The molecule has 2 rings (SSSR count). The van der Waals surface area contributed by atoms with Gasteiger partial charge in [0.2, 0.25) is 0 Å². The van der Waals surface area contributed by atoms with E-state index in [0.717, 1.165) is 25.8 Å². The predicted octanol–water partition coefficient (Wildman–Crippen LogP) is 3.96. The number of hydrogen-bond acceptors (Lipinski definition) is 1. The number of aryl methyl sites for hydroxylation is 1. The minimum absolute atomic E-state index is 0.785. The van der Waals surface area contributed by atoms with Crippen LogP contribution in [0.1, 0.15) is 5.56 Å². The molecule has 0 unspecified atom stereocenters. The van der Waals surface area contributed by atoms with Gasteiger partial charge in [0.15, 0.2) is 0 Å². The second-order valence-corrected chi connectivity index (χ2v) is 4.21. The lowest BCUT2D eigenvalue weighted by atomic mass is 10.1. The molecular weight excluding hydrogens is 249 g/mol. The zero-order valence-corrected chi connectivity index (χ0v) is 9.35. The highest BCUT2D eigenvalue weighted by Crippen LogP contribution is 2.27. The van der Waals surface area contributed by atoms with E-state index >= 15 is 0 Å². The summed E-state index contributed by atoms with van der Waals surface area (Å²) in [4.78, 5) is 4.08. The maximum absolute atomic E-state index is 6.00. The standard InChI is InChI=1S/C10H7BrClN/c1-6-2-8-7(3-10(6)12)4-13-5-9(8)11/h2-5H,1H3. The number of pyridine rings is 1. The first-order valence-corrected chi connectivity index (χ1v) is 5.05. The molecule has 0 aliphatic heterocycles. The first kappa shape index (κ1) is 8.97. The van der Waals surface area contributed by atoms with E-state index in [4.69, 9.17) is 11.6 Å². The minimum atomic E-state index is 0.785. The van der Waals surface area contributed by atoms with E-state index in [1.807, 2.05) is 19.2 Å². The van der Waals surface area contributed by atoms with Gasteiger partial charge < -0.3 is 0 Å². The third kappa shape index (κ3) is 1.56. The van der Waals surface area contributed by atoms with Crippen LogP contribution in [0.5, 0.6) is 0 Å². The van der Waals surface area contributed by atoms with Crippen molar-refractivity contribution in [3.05, 3.63) is 39.6 Å². The van der Waals surface area contributed by atoms with Crippen molar-refractivity contribution in [1.82, 2.24) is 4.98 Å². The molecule has 0 aliphatic rings. The van der Waals surface area contributed by atoms with E-state index < -0.39 is 0 Å². The summed E-state index contributed by atoms with van der Waals surface area (Å²) < 4.78 is 1.00. The van der Waals surface area contributed by atoms with Crippen molar-refractivity contribution in [1.29, 1.82) is 0 Å². The number of nitrogens with zero attached hydrogens (tertiary/aromatic N) is 1. The molecule has 1 aromatic carbocycles. The lowest BCUT2D eigenvalue weighted by Crippen LogP contribution is -1.81. The summed E-state index contributed by atoms with van der Waals surface area (Å²) in [5, 5.41) is 2.99. The van der Waals surface area contributed by atoms with Gasteiger partial charge in [-0.1, -0.05) is 11.6 Å². The zero-order chi connectivity index (χ0) is 9.42. The van der Waals surface area contributed by atoms with Gasteiger partial charge in [-0.3, -0.25) is 4.98 Å². The van der Waals surface area contributed by atoms with Crippen molar-refractivity contribution in [2.24, 2.45) is 0 Å². The summed E-state index contributed by atoms with van der Waals surface area (Å²) in [5.41, 5.74) is 1.08. The summed E-state index contributed by atoms with van der Waals surface area (Å²) in [7, 11) is 0. The van der Waals surface area contributed by atoms with E-state index in [0.29, 0.717) is 0 Å². The van der Waals surface area contributed by atoms with Crippen molar-refractivity contribution in [2.45, 2.75) is 6.92 Å². The number of hydrogen-bond donors (Lipinski definition) is 0. The van der Waals surface area contributed by atoms with Gasteiger partial charge in [-0.15, -0.1) is 0 Å². The maximum Gasteiger partial charge on any atom is 0.0442 e. The van der Waals surface area contributed by atoms with Crippen molar-refractivity contribution in [3.8, 4) is 0 Å².